The second kappa shape index (κ2) is 16.2. The molecule has 0 unspecified atom stereocenters. The topological polar surface area (TPSA) is 38.9 Å². The van der Waals surface area contributed by atoms with E-state index < -0.39 is 5.41 Å². The summed E-state index contributed by atoms with van der Waals surface area (Å²) in [5.41, 5.74) is 20.4. The van der Waals surface area contributed by atoms with Crippen LogP contribution in [0.5, 0.6) is 0 Å². The molecular formula is C65H42N2O. The summed E-state index contributed by atoms with van der Waals surface area (Å²) in [6.45, 7) is 0. The van der Waals surface area contributed by atoms with E-state index >= 15 is 0 Å². The predicted molar refractivity (Wildman–Crippen MR) is 279 cm³/mol. The number of furan rings is 1. The van der Waals surface area contributed by atoms with Gasteiger partial charge in [0.25, 0.3) is 0 Å². The molecule has 0 fully saturated rings. The van der Waals surface area contributed by atoms with E-state index in [2.05, 4.69) is 224 Å². The second-order valence-corrected chi connectivity index (χ2v) is 17.7. The number of para-hydroxylation sites is 1. The Kier molecular flexibility index (Phi) is 9.40. The first-order valence-electron chi connectivity index (χ1n) is 23.2. The van der Waals surface area contributed by atoms with Crippen LogP contribution in [0, 0.1) is 0 Å². The maximum atomic E-state index is 6.23. The second-order valence-electron chi connectivity index (χ2n) is 17.7. The van der Waals surface area contributed by atoms with Crippen molar-refractivity contribution in [3.63, 3.8) is 0 Å². The molecule has 2 aromatic heterocycles. The minimum atomic E-state index is -0.465. The van der Waals surface area contributed by atoms with Gasteiger partial charge in [-0.25, -0.2) is 9.97 Å². The standard InChI is InChI=1S/C65H42N2O/c1-5-17-43(18-6-1)49-37-50(47-34-36-63-57(40-47)56-26-14-16-28-62(56)68-63)39-51(38-49)61-42-60(66-64(67-61)46-19-7-2-8-20-46)45-31-29-44(30-32-45)48-33-35-55-54-25-13-15-27-58(54)65(59(55)41-48,52-21-9-3-10-22-52)53-23-11-4-12-24-53/h1-42H. The lowest BCUT2D eigenvalue weighted by Gasteiger charge is -2.34. The Morgan fingerprint density at radius 3 is 1.49 bits per heavy atom. The SMILES string of the molecule is c1ccc(-c2cc(-c3ccc4oc5ccccc5c4c3)cc(-c3cc(-c4ccc(-c5ccc6c(c5)C(c5ccccc5)(c5ccccc5)c5ccccc5-6)cc4)nc(-c4ccccc4)n3)c2)cc1. The highest BCUT2D eigenvalue weighted by Gasteiger charge is 2.46. The molecule has 1 aliphatic rings. The van der Waals surface area contributed by atoms with E-state index in [9.17, 15) is 0 Å². The van der Waals surface area contributed by atoms with Gasteiger partial charge in [0.05, 0.1) is 16.8 Å². The Morgan fingerprint density at radius 2 is 0.765 bits per heavy atom. The highest BCUT2D eigenvalue weighted by Crippen LogP contribution is 2.56. The van der Waals surface area contributed by atoms with Crippen molar-refractivity contribution < 1.29 is 4.42 Å². The molecule has 1 aliphatic carbocycles. The van der Waals surface area contributed by atoms with Crippen molar-refractivity contribution in [2.24, 2.45) is 0 Å². The Balaban J connectivity index is 0.935. The zero-order chi connectivity index (χ0) is 45.0. The normalized spacial score (nSPS) is 12.5. The van der Waals surface area contributed by atoms with Crippen LogP contribution in [0.15, 0.2) is 259 Å². The van der Waals surface area contributed by atoms with Gasteiger partial charge >= 0.3 is 0 Å². The molecular weight excluding hydrogens is 825 g/mol. The Labute approximate surface area is 395 Å². The van der Waals surface area contributed by atoms with E-state index in [1.54, 1.807) is 0 Å². The van der Waals surface area contributed by atoms with Crippen molar-refractivity contribution in [1.29, 1.82) is 0 Å². The number of rotatable bonds is 8. The first-order chi connectivity index (χ1) is 33.7. The Bertz CT molecular complexity index is 3780. The van der Waals surface area contributed by atoms with Gasteiger partial charge in [-0.15, -0.1) is 0 Å². The maximum Gasteiger partial charge on any atom is 0.160 e. The van der Waals surface area contributed by atoms with Crippen LogP contribution < -0.4 is 0 Å². The molecule has 13 rings (SSSR count). The summed E-state index contributed by atoms with van der Waals surface area (Å²) in [6.07, 6.45) is 0. The summed E-state index contributed by atoms with van der Waals surface area (Å²) in [5.74, 6) is 0.677. The molecule has 0 aliphatic heterocycles. The lowest BCUT2D eigenvalue weighted by molar-refractivity contribution is 0.669. The monoisotopic (exact) mass is 866 g/mol. The molecule has 0 amide bonds. The van der Waals surface area contributed by atoms with E-state index in [4.69, 9.17) is 14.4 Å². The van der Waals surface area contributed by atoms with Crippen molar-refractivity contribution in [3.05, 3.63) is 277 Å². The first-order valence-corrected chi connectivity index (χ1v) is 23.2. The van der Waals surface area contributed by atoms with Gasteiger partial charge in [0, 0.05) is 27.5 Å². The highest BCUT2D eigenvalue weighted by atomic mass is 16.3. The molecule has 10 aromatic carbocycles. The molecule has 318 valence electrons. The van der Waals surface area contributed by atoms with E-state index in [-0.39, 0.29) is 0 Å². The molecule has 0 bridgehead atoms. The summed E-state index contributed by atoms with van der Waals surface area (Å²) < 4.78 is 6.23. The van der Waals surface area contributed by atoms with Gasteiger partial charge in [-0.3, -0.25) is 0 Å². The quantitative estimate of drug-likeness (QED) is 0.153. The van der Waals surface area contributed by atoms with Gasteiger partial charge in [-0.05, 0) is 115 Å². The minimum absolute atomic E-state index is 0.465. The average molecular weight is 867 g/mol. The number of hydrogen-bond acceptors (Lipinski definition) is 3. The number of aromatic nitrogens is 2. The molecule has 0 N–H and O–H groups in total. The summed E-state index contributed by atoms with van der Waals surface area (Å²) in [6, 6.07) is 91.3. The van der Waals surface area contributed by atoms with Gasteiger partial charge in [0.15, 0.2) is 5.82 Å². The van der Waals surface area contributed by atoms with E-state index in [1.165, 1.54) is 38.9 Å². The molecule has 2 heterocycles. The number of hydrogen-bond donors (Lipinski definition) is 0. The largest absolute Gasteiger partial charge is 0.456 e. The summed E-state index contributed by atoms with van der Waals surface area (Å²) in [4.78, 5) is 10.6. The van der Waals surface area contributed by atoms with Gasteiger partial charge in [0.1, 0.15) is 11.2 Å². The molecule has 3 heteroatoms. The van der Waals surface area contributed by atoms with Gasteiger partial charge < -0.3 is 4.42 Å². The van der Waals surface area contributed by atoms with Gasteiger partial charge in [0.2, 0.25) is 0 Å². The molecule has 12 aromatic rings. The maximum absolute atomic E-state index is 6.23. The highest BCUT2D eigenvalue weighted by molar-refractivity contribution is 6.06. The van der Waals surface area contributed by atoms with E-state index in [0.717, 1.165) is 77.8 Å². The van der Waals surface area contributed by atoms with Crippen molar-refractivity contribution in [1.82, 2.24) is 9.97 Å². The molecule has 0 saturated heterocycles. The Morgan fingerprint density at radius 1 is 0.279 bits per heavy atom. The van der Waals surface area contributed by atoms with E-state index in [1.807, 2.05) is 30.3 Å². The fourth-order valence-electron chi connectivity index (χ4n) is 10.6. The average Bonchev–Trinajstić information content (AvgIpc) is 3.95. The molecule has 3 nitrogen and oxygen atoms in total. The third-order valence-corrected chi connectivity index (χ3v) is 13.8. The molecule has 68 heavy (non-hydrogen) atoms. The van der Waals surface area contributed by atoms with Crippen LogP contribution in [0.3, 0.4) is 0 Å². The molecule has 0 atom stereocenters. The zero-order valence-corrected chi connectivity index (χ0v) is 37.1. The summed E-state index contributed by atoms with van der Waals surface area (Å²) in [7, 11) is 0. The minimum Gasteiger partial charge on any atom is -0.456 e. The molecule has 0 radical (unpaired) electrons. The van der Waals surface area contributed by atoms with Crippen LogP contribution in [-0.4, -0.2) is 9.97 Å². The van der Waals surface area contributed by atoms with Crippen molar-refractivity contribution in [2.45, 2.75) is 5.41 Å². The van der Waals surface area contributed by atoms with Crippen molar-refractivity contribution >= 4 is 21.9 Å². The fourth-order valence-corrected chi connectivity index (χ4v) is 10.6. The third-order valence-electron chi connectivity index (χ3n) is 13.8. The van der Waals surface area contributed by atoms with Crippen LogP contribution in [0.25, 0.3) is 100 Å². The van der Waals surface area contributed by atoms with Crippen molar-refractivity contribution in [3.8, 4) is 78.4 Å². The van der Waals surface area contributed by atoms with Crippen LogP contribution in [0.2, 0.25) is 0 Å². The molecule has 0 saturated carbocycles. The van der Waals surface area contributed by atoms with Gasteiger partial charge in [-0.1, -0.05) is 206 Å². The fraction of sp³-hybridized carbons (Fsp3) is 0.0154. The Hall–Kier alpha value is -8.92. The third kappa shape index (κ3) is 6.59. The lowest BCUT2D eigenvalue weighted by Crippen LogP contribution is -2.28. The molecule has 0 spiro atoms. The van der Waals surface area contributed by atoms with Crippen LogP contribution in [0.4, 0.5) is 0 Å². The lowest BCUT2D eigenvalue weighted by atomic mass is 9.67. The number of nitrogens with zero attached hydrogens (tertiary/aromatic N) is 2. The number of benzene rings is 10. The van der Waals surface area contributed by atoms with Crippen LogP contribution >= 0.6 is 0 Å². The van der Waals surface area contributed by atoms with Crippen LogP contribution in [-0.2, 0) is 5.41 Å². The van der Waals surface area contributed by atoms with Gasteiger partial charge in [-0.2, -0.15) is 0 Å². The van der Waals surface area contributed by atoms with E-state index in [0.29, 0.717) is 5.82 Å². The van der Waals surface area contributed by atoms with Crippen molar-refractivity contribution in [2.75, 3.05) is 0 Å². The predicted octanol–water partition coefficient (Wildman–Crippen LogP) is 16.7. The van der Waals surface area contributed by atoms with Crippen LogP contribution in [0.1, 0.15) is 22.3 Å². The summed E-state index contributed by atoms with van der Waals surface area (Å²) in [5, 5.41) is 2.21. The smallest absolute Gasteiger partial charge is 0.160 e. The number of fused-ring (bicyclic) bond motifs is 6. The first kappa shape index (κ1) is 39.4. The zero-order valence-electron chi connectivity index (χ0n) is 37.1. The summed E-state index contributed by atoms with van der Waals surface area (Å²) >= 11 is 0.